The lowest BCUT2D eigenvalue weighted by Gasteiger charge is -2.26. The number of benzene rings is 2. The van der Waals surface area contributed by atoms with Gasteiger partial charge in [-0.25, -0.2) is 9.79 Å². The quantitative estimate of drug-likeness (QED) is 0.436. The average Bonchev–Trinajstić information content (AvgIpc) is 3.24. The number of methoxy groups -OCH3 is 1. The van der Waals surface area contributed by atoms with Gasteiger partial charge in [0.2, 0.25) is 5.90 Å². The van der Waals surface area contributed by atoms with E-state index in [1.165, 1.54) is 0 Å². The van der Waals surface area contributed by atoms with Crippen molar-refractivity contribution in [3.8, 4) is 17.2 Å². The van der Waals surface area contributed by atoms with Crippen molar-refractivity contribution < 1.29 is 28.5 Å². The number of piperidine rings is 1. The normalized spacial score (nSPS) is 16.8. The fourth-order valence-electron chi connectivity index (χ4n) is 3.82. The highest BCUT2D eigenvalue weighted by Crippen LogP contribution is 2.30. The van der Waals surface area contributed by atoms with Gasteiger partial charge in [0.05, 0.1) is 13.7 Å². The summed E-state index contributed by atoms with van der Waals surface area (Å²) in [7, 11) is 1.57. The van der Waals surface area contributed by atoms with Crippen molar-refractivity contribution in [2.45, 2.75) is 26.2 Å². The van der Waals surface area contributed by atoms with Crippen molar-refractivity contribution >= 4 is 23.9 Å². The van der Waals surface area contributed by atoms with Gasteiger partial charge in [-0.15, -0.1) is 0 Å². The fourth-order valence-corrected chi connectivity index (χ4v) is 3.82. The minimum Gasteiger partial charge on any atom is -0.497 e. The van der Waals surface area contributed by atoms with Crippen LogP contribution < -0.4 is 14.2 Å². The molecule has 1 saturated heterocycles. The largest absolute Gasteiger partial charge is 0.497 e. The van der Waals surface area contributed by atoms with E-state index in [2.05, 4.69) is 4.99 Å². The lowest BCUT2D eigenvalue weighted by Crippen LogP contribution is -2.38. The summed E-state index contributed by atoms with van der Waals surface area (Å²) in [5.74, 6) is 1.26. The number of carbonyl (C=O) groups is 2. The van der Waals surface area contributed by atoms with E-state index in [0.717, 1.165) is 32.4 Å². The van der Waals surface area contributed by atoms with Crippen LogP contribution in [0.25, 0.3) is 6.08 Å². The van der Waals surface area contributed by atoms with Crippen LogP contribution in [0, 0.1) is 0 Å². The number of carbonyl (C=O) groups excluding carboxylic acids is 2. The lowest BCUT2D eigenvalue weighted by atomic mass is 10.1. The molecule has 2 aliphatic rings. The Labute approximate surface area is 198 Å². The summed E-state index contributed by atoms with van der Waals surface area (Å²) in [6.07, 6.45) is 4.85. The summed E-state index contributed by atoms with van der Waals surface area (Å²) >= 11 is 0. The summed E-state index contributed by atoms with van der Waals surface area (Å²) in [4.78, 5) is 31.0. The molecule has 4 rings (SSSR count). The molecule has 0 unspecified atom stereocenters. The molecule has 0 atom stereocenters. The molecule has 0 N–H and O–H groups in total. The zero-order valence-corrected chi connectivity index (χ0v) is 19.4. The summed E-state index contributed by atoms with van der Waals surface area (Å²) < 4.78 is 22.1. The van der Waals surface area contributed by atoms with Crippen LogP contribution in [0.15, 0.2) is 53.2 Å². The first-order chi connectivity index (χ1) is 16.6. The van der Waals surface area contributed by atoms with Crippen LogP contribution in [0.3, 0.4) is 0 Å². The molecule has 8 heteroatoms. The first-order valence-corrected chi connectivity index (χ1v) is 11.4. The average molecular weight is 465 g/mol. The number of hydrogen-bond acceptors (Lipinski definition) is 7. The molecule has 0 saturated carbocycles. The summed E-state index contributed by atoms with van der Waals surface area (Å²) in [6, 6.07) is 12.4. The van der Waals surface area contributed by atoms with Gasteiger partial charge in [0.15, 0.2) is 23.8 Å². The van der Waals surface area contributed by atoms with E-state index in [0.29, 0.717) is 35.0 Å². The third kappa shape index (κ3) is 5.57. The molecule has 34 heavy (non-hydrogen) atoms. The van der Waals surface area contributed by atoms with Crippen LogP contribution in [0.1, 0.15) is 37.3 Å². The second kappa shape index (κ2) is 10.9. The fraction of sp³-hybridized carbons (Fsp3) is 0.346. The van der Waals surface area contributed by atoms with Crippen LogP contribution in [-0.4, -0.2) is 56.1 Å². The van der Waals surface area contributed by atoms with Gasteiger partial charge < -0.3 is 23.8 Å². The van der Waals surface area contributed by atoms with E-state index in [1.54, 1.807) is 55.7 Å². The molecule has 0 aromatic heterocycles. The van der Waals surface area contributed by atoms with E-state index in [9.17, 15) is 9.59 Å². The van der Waals surface area contributed by atoms with E-state index >= 15 is 0 Å². The molecule has 2 aliphatic heterocycles. The predicted molar refractivity (Wildman–Crippen MR) is 127 cm³/mol. The van der Waals surface area contributed by atoms with Gasteiger partial charge in [0.1, 0.15) is 5.75 Å². The topological polar surface area (TPSA) is 86.7 Å². The second-order valence-electron chi connectivity index (χ2n) is 7.94. The van der Waals surface area contributed by atoms with Crippen molar-refractivity contribution in [2.75, 3.05) is 33.4 Å². The zero-order valence-electron chi connectivity index (χ0n) is 19.4. The standard InChI is InChI=1S/C26H28N2O6/c1-3-32-23-15-18(10-11-22(23)33-17-24(29)28-12-5-4-6-13-28)14-21-26(30)34-25(27-21)19-8-7-9-20(16-19)31-2/h7-11,14-16H,3-6,12-13,17H2,1-2H3. The maximum Gasteiger partial charge on any atom is 0.363 e. The minimum atomic E-state index is -0.539. The Kier molecular flexibility index (Phi) is 7.47. The Hall–Kier alpha value is -3.81. The number of aliphatic imine (C=N–C) groups is 1. The van der Waals surface area contributed by atoms with Gasteiger partial charge >= 0.3 is 5.97 Å². The summed E-state index contributed by atoms with van der Waals surface area (Å²) in [5, 5.41) is 0. The molecule has 0 aliphatic carbocycles. The number of amides is 1. The molecule has 1 fully saturated rings. The van der Waals surface area contributed by atoms with Crippen LogP contribution in [-0.2, 0) is 14.3 Å². The maximum atomic E-state index is 12.4. The Morgan fingerprint density at radius 1 is 1.09 bits per heavy atom. The molecule has 178 valence electrons. The van der Waals surface area contributed by atoms with Crippen LogP contribution in [0.5, 0.6) is 17.2 Å². The number of likely N-dealkylation sites (tertiary alicyclic amines) is 1. The van der Waals surface area contributed by atoms with Crippen LogP contribution >= 0.6 is 0 Å². The van der Waals surface area contributed by atoms with E-state index in [1.807, 2.05) is 11.8 Å². The predicted octanol–water partition coefficient (Wildman–Crippen LogP) is 3.83. The number of nitrogens with zero attached hydrogens (tertiary/aromatic N) is 2. The molecule has 2 aromatic carbocycles. The third-order valence-corrected chi connectivity index (χ3v) is 5.57. The molecule has 8 nitrogen and oxygen atoms in total. The summed E-state index contributed by atoms with van der Waals surface area (Å²) in [6.45, 7) is 3.81. The van der Waals surface area contributed by atoms with Gasteiger partial charge in [-0.05, 0) is 68.2 Å². The summed E-state index contributed by atoms with van der Waals surface area (Å²) in [5.41, 5.74) is 1.52. The monoisotopic (exact) mass is 464 g/mol. The molecule has 0 bridgehead atoms. The van der Waals surface area contributed by atoms with Crippen LogP contribution in [0.4, 0.5) is 0 Å². The van der Waals surface area contributed by atoms with E-state index in [-0.39, 0.29) is 24.1 Å². The van der Waals surface area contributed by atoms with Gasteiger partial charge in [-0.3, -0.25) is 4.79 Å². The molecule has 0 radical (unpaired) electrons. The van der Waals surface area contributed by atoms with E-state index in [4.69, 9.17) is 18.9 Å². The molecule has 1 amide bonds. The Balaban J connectivity index is 1.50. The number of ether oxygens (including phenoxy) is 4. The van der Waals surface area contributed by atoms with Gasteiger partial charge in [0, 0.05) is 18.7 Å². The van der Waals surface area contributed by atoms with E-state index < -0.39 is 5.97 Å². The molecule has 2 heterocycles. The van der Waals surface area contributed by atoms with Gasteiger partial charge in [-0.1, -0.05) is 12.1 Å². The number of cyclic esters (lactones) is 1. The highest BCUT2D eigenvalue weighted by atomic mass is 16.6. The first-order valence-electron chi connectivity index (χ1n) is 11.4. The first kappa shape index (κ1) is 23.4. The molecular weight excluding hydrogens is 436 g/mol. The third-order valence-electron chi connectivity index (χ3n) is 5.57. The number of esters is 1. The van der Waals surface area contributed by atoms with Gasteiger partial charge in [0.25, 0.3) is 5.91 Å². The highest BCUT2D eigenvalue weighted by Gasteiger charge is 2.25. The zero-order chi connectivity index (χ0) is 23.9. The molecule has 0 spiro atoms. The van der Waals surface area contributed by atoms with Gasteiger partial charge in [-0.2, -0.15) is 0 Å². The van der Waals surface area contributed by atoms with Crippen molar-refractivity contribution in [2.24, 2.45) is 4.99 Å². The van der Waals surface area contributed by atoms with Crippen molar-refractivity contribution in [3.63, 3.8) is 0 Å². The Morgan fingerprint density at radius 2 is 1.91 bits per heavy atom. The highest BCUT2D eigenvalue weighted by molar-refractivity contribution is 6.13. The molecule has 2 aromatic rings. The van der Waals surface area contributed by atoms with Crippen molar-refractivity contribution in [1.29, 1.82) is 0 Å². The SMILES string of the molecule is CCOc1cc(C=C2N=C(c3cccc(OC)c3)OC2=O)ccc1OCC(=O)N1CCCCC1. The second-order valence-corrected chi connectivity index (χ2v) is 7.94. The maximum absolute atomic E-state index is 12.4. The smallest absolute Gasteiger partial charge is 0.363 e. The Morgan fingerprint density at radius 3 is 2.68 bits per heavy atom. The Bertz CT molecular complexity index is 1120. The minimum absolute atomic E-state index is 0.0264. The number of rotatable bonds is 8. The van der Waals surface area contributed by atoms with Crippen molar-refractivity contribution in [1.82, 2.24) is 4.90 Å². The van der Waals surface area contributed by atoms with Crippen LogP contribution in [0.2, 0.25) is 0 Å². The van der Waals surface area contributed by atoms with Crippen molar-refractivity contribution in [3.05, 3.63) is 59.3 Å². The number of hydrogen-bond donors (Lipinski definition) is 0. The lowest BCUT2D eigenvalue weighted by molar-refractivity contribution is -0.134. The molecular formula is C26H28N2O6.